The van der Waals surface area contributed by atoms with Crippen molar-refractivity contribution in [1.82, 2.24) is 5.06 Å². The predicted octanol–water partition coefficient (Wildman–Crippen LogP) is 3.90. The summed E-state index contributed by atoms with van der Waals surface area (Å²) in [6.45, 7) is 0. The van der Waals surface area contributed by atoms with Crippen LogP contribution in [0.3, 0.4) is 0 Å². The van der Waals surface area contributed by atoms with Gasteiger partial charge in [0.15, 0.2) is 0 Å². The number of hydrogen-bond donors (Lipinski definition) is 3. The van der Waals surface area contributed by atoms with E-state index in [0.717, 1.165) is 24.0 Å². The van der Waals surface area contributed by atoms with Crippen molar-refractivity contribution in [1.29, 1.82) is 10.8 Å². The minimum absolute atomic E-state index is 0.0808. The smallest absolute Gasteiger partial charge is 0.212 e. The molecule has 1 aliphatic heterocycles. The summed E-state index contributed by atoms with van der Waals surface area (Å²) >= 11 is 0. The fourth-order valence-corrected chi connectivity index (χ4v) is 3.39. The van der Waals surface area contributed by atoms with Gasteiger partial charge < -0.3 is 14.7 Å². The molecule has 136 valence electrons. The van der Waals surface area contributed by atoms with Crippen LogP contribution in [0.15, 0.2) is 48.5 Å². The third-order valence-corrected chi connectivity index (χ3v) is 4.88. The highest BCUT2D eigenvalue weighted by molar-refractivity contribution is 5.91. The molecule has 6 heteroatoms. The van der Waals surface area contributed by atoms with Gasteiger partial charge in [-0.15, -0.1) is 0 Å². The predicted molar refractivity (Wildman–Crippen MR) is 98.9 cm³/mol. The van der Waals surface area contributed by atoms with E-state index in [2.05, 4.69) is 0 Å². The number of nitrogens with one attached hydrogen (secondary N) is 2. The van der Waals surface area contributed by atoms with Crippen molar-refractivity contribution in [2.24, 2.45) is 0 Å². The molecule has 0 spiro atoms. The van der Waals surface area contributed by atoms with Crippen LogP contribution in [0.25, 0.3) is 0 Å². The summed E-state index contributed by atoms with van der Waals surface area (Å²) in [5.74, 6) is 0.256. The van der Waals surface area contributed by atoms with Crippen LogP contribution in [0.5, 0.6) is 0 Å². The van der Waals surface area contributed by atoms with Gasteiger partial charge in [-0.3, -0.25) is 10.8 Å². The van der Waals surface area contributed by atoms with Crippen molar-refractivity contribution in [3.05, 3.63) is 70.8 Å². The Morgan fingerprint density at radius 2 is 1.15 bits per heavy atom. The monoisotopic (exact) mass is 353 g/mol. The zero-order valence-electron chi connectivity index (χ0n) is 14.9. The van der Waals surface area contributed by atoms with Gasteiger partial charge in [-0.1, -0.05) is 24.3 Å². The number of methoxy groups -OCH3 is 2. The molecule has 1 aliphatic rings. The molecule has 0 amide bonds. The topological polar surface area (TPSA) is 89.6 Å². The van der Waals surface area contributed by atoms with Crippen molar-refractivity contribution in [3.63, 3.8) is 0 Å². The highest BCUT2D eigenvalue weighted by atomic mass is 16.5. The fraction of sp³-hybridized carbons (Fsp3) is 0.300. The Morgan fingerprint density at radius 3 is 1.46 bits per heavy atom. The van der Waals surface area contributed by atoms with Gasteiger partial charge in [0.1, 0.15) is 0 Å². The van der Waals surface area contributed by atoms with E-state index in [0.29, 0.717) is 11.1 Å². The molecule has 1 saturated heterocycles. The Bertz CT molecular complexity index is 719. The lowest BCUT2D eigenvalue weighted by molar-refractivity contribution is -0.137. The molecular formula is C20H23N3O3. The normalized spacial score (nSPS) is 20.0. The van der Waals surface area contributed by atoms with Crippen LogP contribution in [0.2, 0.25) is 0 Å². The number of benzene rings is 2. The largest absolute Gasteiger partial charge is 0.481 e. The van der Waals surface area contributed by atoms with E-state index in [9.17, 15) is 5.21 Å². The minimum atomic E-state index is -0.0808. The van der Waals surface area contributed by atoms with E-state index < -0.39 is 0 Å². The maximum atomic E-state index is 10.7. The number of nitrogens with zero attached hydrogens (tertiary/aromatic N) is 1. The molecule has 3 rings (SSSR count). The van der Waals surface area contributed by atoms with Crippen molar-refractivity contribution in [3.8, 4) is 0 Å². The molecule has 2 aromatic carbocycles. The van der Waals surface area contributed by atoms with Crippen LogP contribution in [0.1, 0.15) is 47.2 Å². The molecule has 2 unspecified atom stereocenters. The Kier molecular flexibility index (Phi) is 5.35. The van der Waals surface area contributed by atoms with E-state index in [1.165, 1.54) is 19.3 Å². The Hall–Kier alpha value is -2.70. The molecule has 26 heavy (non-hydrogen) atoms. The molecule has 3 N–H and O–H groups in total. The Balaban J connectivity index is 1.74. The zero-order valence-corrected chi connectivity index (χ0v) is 14.9. The summed E-state index contributed by atoms with van der Waals surface area (Å²) in [4.78, 5) is 0. The second-order valence-corrected chi connectivity index (χ2v) is 6.30. The van der Waals surface area contributed by atoms with Crippen LogP contribution in [-0.2, 0) is 9.47 Å². The van der Waals surface area contributed by atoms with Crippen molar-refractivity contribution in [2.45, 2.75) is 24.9 Å². The van der Waals surface area contributed by atoms with Crippen LogP contribution < -0.4 is 0 Å². The summed E-state index contributed by atoms with van der Waals surface area (Å²) in [5.41, 5.74) is 3.46. The summed E-state index contributed by atoms with van der Waals surface area (Å²) in [7, 11) is 2.96. The van der Waals surface area contributed by atoms with Crippen molar-refractivity contribution in [2.75, 3.05) is 14.2 Å². The van der Waals surface area contributed by atoms with Crippen LogP contribution in [-0.4, -0.2) is 36.3 Å². The van der Waals surface area contributed by atoms with Crippen molar-refractivity contribution < 1.29 is 14.7 Å². The van der Waals surface area contributed by atoms with Gasteiger partial charge in [-0.25, -0.2) is 0 Å². The average molecular weight is 353 g/mol. The molecule has 1 heterocycles. The van der Waals surface area contributed by atoms with Crippen molar-refractivity contribution >= 4 is 11.8 Å². The molecular weight excluding hydrogens is 330 g/mol. The lowest BCUT2D eigenvalue weighted by Crippen LogP contribution is -2.22. The van der Waals surface area contributed by atoms with Gasteiger partial charge in [0.2, 0.25) is 11.8 Å². The quantitative estimate of drug-likeness (QED) is 0.574. The second-order valence-electron chi connectivity index (χ2n) is 6.30. The summed E-state index contributed by atoms with van der Waals surface area (Å²) in [6.07, 6.45) is 1.69. The molecule has 0 saturated carbocycles. The molecule has 2 aromatic rings. The summed E-state index contributed by atoms with van der Waals surface area (Å²) in [6, 6.07) is 14.9. The van der Waals surface area contributed by atoms with E-state index in [1.807, 2.05) is 48.5 Å². The van der Waals surface area contributed by atoms with E-state index in [1.54, 1.807) is 0 Å². The van der Waals surface area contributed by atoms with Gasteiger partial charge in [-0.2, -0.15) is 5.06 Å². The minimum Gasteiger partial charge on any atom is -0.481 e. The van der Waals surface area contributed by atoms with Gasteiger partial charge in [-0.05, 0) is 48.2 Å². The van der Waals surface area contributed by atoms with Gasteiger partial charge in [0.25, 0.3) is 0 Å². The average Bonchev–Trinajstić information content (AvgIpc) is 3.08. The second kappa shape index (κ2) is 7.68. The molecule has 0 aliphatic carbocycles. The molecule has 0 bridgehead atoms. The number of rotatable bonds is 4. The lowest BCUT2D eigenvalue weighted by Gasteiger charge is -2.24. The number of hydrogen-bond acceptors (Lipinski definition) is 6. The fourth-order valence-electron chi connectivity index (χ4n) is 3.39. The first-order valence-electron chi connectivity index (χ1n) is 8.48. The standard InChI is InChI=1S/C20H23N3O3/c1-25-19(21)15-7-3-13(4-8-15)17-11-12-18(23(17)24)14-5-9-16(10-6-14)20(22)26-2/h3-10,17-18,21-22,24H,11-12H2,1-2H3. The van der Waals surface area contributed by atoms with Gasteiger partial charge >= 0.3 is 0 Å². The maximum Gasteiger partial charge on any atom is 0.212 e. The third-order valence-electron chi connectivity index (χ3n) is 4.88. The SMILES string of the molecule is COC(=N)c1ccc(C2CCC(c3ccc(C(=N)OC)cc3)N2O)cc1. The molecule has 0 aromatic heterocycles. The molecule has 6 nitrogen and oxygen atoms in total. The van der Waals surface area contributed by atoms with Crippen LogP contribution >= 0.6 is 0 Å². The Labute approximate surface area is 153 Å². The van der Waals surface area contributed by atoms with E-state index in [-0.39, 0.29) is 23.9 Å². The number of hydroxylamine groups is 2. The van der Waals surface area contributed by atoms with E-state index in [4.69, 9.17) is 20.3 Å². The Morgan fingerprint density at radius 1 is 0.808 bits per heavy atom. The van der Waals surface area contributed by atoms with Gasteiger partial charge in [0, 0.05) is 11.1 Å². The highest BCUT2D eigenvalue weighted by Gasteiger charge is 2.34. The third kappa shape index (κ3) is 3.47. The first-order valence-corrected chi connectivity index (χ1v) is 8.48. The first-order chi connectivity index (χ1) is 12.5. The van der Waals surface area contributed by atoms with Crippen LogP contribution in [0, 0.1) is 10.8 Å². The molecule has 0 radical (unpaired) electrons. The lowest BCUT2D eigenvalue weighted by atomic mass is 10.0. The summed E-state index contributed by atoms with van der Waals surface area (Å²) in [5, 5.41) is 27.5. The van der Waals surface area contributed by atoms with Gasteiger partial charge in [0.05, 0.1) is 26.3 Å². The number of ether oxygens (including phenoxy) is 2. The zero-order chi connectivity index (χ0) is 18.7. The molecule has 2 atom stereocenters. The van der Waals surface area contributed by atoms with Crippen LogP contribution in [0.4, 0.5) is 0 Å². The van der Waals surface area contributed by atoms with E-state index >= 15 is 0 Å². The first kappa shape index (κ1) is 18.1. The molecule has 1 fully saturated rings. The maximum absolute atomic E-state index is 10.7. The highest BCUT2D eigenvalue weighted by Crippen LogP contribution is 2.42. The summed E-state index contributed by atoms with van der Waals surface area (Å²) < 4.78 is 9.86.